The Morgan fingerprint density at radius 3 is 2.38 bits per heavy atom. The number of carbonyl (C=O) groups is 3. The fraction of sp³-hybridized carbons (Fsp3) is 0.500. The molecule has 4 aliphatic rings. The largest absolute Gasteiger partial charge is 0.497 e. The predicted octanol–water partition coefficient (Wildman–Crippen LogP) is 2.28. The van der Waals surface area contributed by atoms with Crippen LogP contribution in [0.25, 0.3) is 0 Å². The van der Waals surface area contributed by atoms with E-state index in [1.165, 1.54) is 0 Å². The van der Waals surface area contributed by atoms with Gasteiger partial charge in [-0.15, -0.1) is 0 Å². The Morgan fingerprint density at radius 1 is 1.28 bits per heavy atom. The SMILES string of the molecule is COc1cccc(N2C(=O)OC3(CN4CCC3CC4)C2=O)c1.O=C(O)C(F)(F)F. The number of anilines is 1. The molecule has 0 saturated carbocycles. The van der Waals surface area contributed by atoms with Gasteiger partial charge in [0.2, 0.25) is 5.60 Å². The smallest absolute Gasteiger partial charge is 0.490 e. The van der Waals surface area contributed by atoms with E-state index in [0.29, 0.717) is 18.0 Å². The molecule has 0 aliphatic carbocycles. The summed E-state index contributed by atoms with van der Waals surface area (Å²) in [5, 5.41) is 7.12. The number of amides is 2. The maximum Gasteiger partial charge on any atom is 0.490 e. The number of alkyl halides is 3. The van der Waals surface area contributed by atoms with Crippen LogP contribution in [-0.2, 0) is 14.3 Å². The third kappa shape index (κ3) is 3.86. The van der Waals surface area contributed by atoms with E-state index in [1.54, 1.807) is 31.4 Å². The second-order valence-electron chi connectivity index (χ2n) is 6.95. The first-order chi connectivity index (χ1) is 13.6. The highest BCUT2D eigenvalue weighted by atomic mass is 19.4. The van der Waals surface area contributed by atoms with E-state index in [9.17, 15) is 22.8 Å². The Kier molecular flexibility index (Phi) is 5.44. The number of aliphatic carboxylic acids is 1. The molecule has 1 spiro atoms. The molecule has 2 amide bonds. The molecular formula is C18H19F3N2O6. The first-order valence-electron chi connectivity index (χ1n) is 8.82. The number of rotatable bonds is 2. The first-order valence-corrected chi connectivity index (χ1v) is 8.82. The number of hydrogen-bond donors (Lipinski definition) is 1. The lowest BCUT2D eigenvalue weighted by molar-refractivity contribution is -0.192. The van der Waals surface area contributed by atoms with Crippen LogP contribution in [0.4, 0.5) is 23.7 Å². The minimum Gasteiger partial charge on any atom is -0.497 e. The summed E-state index contributed by atoms with van der Waals surface area (Å²) >= 11 is 0. The Bertz CT molecular complexity index is 822. The number of carboxylic acid groups (broad SMARTS) is 1. The molecule has 0 aromatic heterocycles. The molecule has 158 valence electrons. The number of halogens is 3. The number of fused-ring (bicyclic) bond motifs is 2. The van der Waals surface area contributed by atoms with Crippen LogP contribution < -0.4 is 9.64 Å². The van der Waals surface area contributed by atoms with Gasteiger partial charge in [0.05, 0.1) is 12.8 Å². The van der Waals surface area contributed by atoms with Crippen LogP contribution in [0.1, 0.15) is 12.8 Å². The van der Waals surface area contributed by atoms with Gasteiger partial charge in [0, 0.05) is 18.5 Å². The number of ether oxygens (including phenoxy) is 2. The van der Waals surface area contributed by atoms with E-state index in [1.807, 2.05) is 0 Å². The van der Waals surface area contributed by atoms with Gasteiger partial charge in [-0.05, 0) is 38.1 Å². The molecule has 8 nitrogen and oxygen atoms in total. The van der Waals surface area contributed by atoms with Crippen LogP contribution in [0.5, 0.6) is 5.75 Å². The number of methoxy groups -OCH3 is 1. The maximum absolute atomic E-state index is 13.0. The molecule has 11 heteroatoms. The van der Waals surface area contributed by atoms with Crippen molar-refractivity contribution < 1.29 is 42.1 Å². The standard InChI is InChI=1S/C16H18N2O4.C2HF3O2/c1-21-13-4-2-3-12(9-13)18-14(19)16(22-15(18)20)10-17-7-5-11(16)6-8-17;3-2(4,5)1(6)7/h2-4,9,11H,5-8,10H2,1H3;(H,6,7). The summed E-state index contributed by atoms with van der Waals surface area (Å²) < 4.78 is 42.5. The van der Waals surface area contributed by atoms with Gasteiger partial charge in [0.15, 0.2) is 0 Å². The lowest BCUT2D eigenvalue weighted by Gasteiger charge is -2.48. The number of carbonyl (C=O) groups excluding carboxylic acids is 2. The predicted molar refractivity (Wildman–Crippen MR) is 92.5 cm³/mol. The highest BCUT2D eigenvalue weighted by Crippen LogP contribution is 2.44. The number of hydrogen-bond acceptors (Lipinski definition) is 6. The monoisotopic (exact) mass is 416 g/mol. The van der Waals surface area contributed by atoms with E-state index in [4.69, 9.17) is 19.4 Å². The summed E-state index contributed by atoms with van der Waals surface area (Å²) in [6, 6.07) is 6.94. The van der Waals surface area contributed by atoms with Crippen molar-refractivity contribution in [2.45, 2.75) is 24.6 Å². The van der Waals surface area contributed by atoms with E-state index in [-0.39, 0.29) is 11.8 Å². The molecule has 29 heavy (non-hydrogen) atoms. The van der Waals surface area contributed by atoms with Gasteiger partial charge in [-0.1, -0.05) is 6.07 Å². The average molecular weight is 416 g/mol. The molecule has 5 rings (SSSR count). The maximum atomic E-state index is 13.0. The van der Waals surface area contributed by atoms with E-state index < -0.39 is 23.8 Å². The summed E-state index contributed by atoms with van der Waals surface area (Å²) in [4.78, 5) is 37.6. The van der Waals surface area contributed by atoms with E-state index in [2.05, 4.69) is 4.90 Å². The van der Waals surface area contributed by atoms with Gasteiger partial charge in [0.1, 0.15) is 5.75 Å². The van der Waals surface area contributed by atoms with Crippen molar-refractivity contribution in [1.82, 2.24) is 4.90 Å². The third-order valence-corrected chi connectivity index (χ3v) is 5.28. The number of imide groups is 1. The number of carboxylic acids is 1. The minimum atomic E-state index is -5.08. The fourth-order valence-electron chi connectivity index (χ4n) is 3.87. The minimum absolute atomic E-state index is 0.129. The Morgan fingerprint density at radius 2 is 1.90 bits per heavy atom. The third-order valence-electron chi connectivity index (χ3n) is 5.28. The van der Waals surface area contributed by atoms with Crippen molar-refractivity contribution in [2.24, 2.45) is 5.92 Å². The van der Waals surface area contributed by atoms with Crippen molar-refractivity contribution >= 4 is 23.7 Å². The number of benzene rings is 1. The molecule has 1 atom stereocenters. The highest BCUT2D eigenvalue weighted by molar-refractivity contribution is 6.20. The average Bonchev–Trinajstić information content (AvgIpc) is 2.92. The summed E-state index contributed by atoms with van der Waals surface area (Å²) in [5.41, 5.74) is -0.487. The lowest BCUT2D eigenvalue weighted by atomic mass is 9.75. The first kappa shape index (κ1) is 20.9. The van der Waals surface area contributed by atoms with Gasteiger partial charge in [-0.2, -0.15) is 13.2 Å². The van der Waals surface area contributed by atoms with E-state index in [0.717, 1.165) is 30.8 Å². The summed E-state index contributed by atoms with van der Waals surface area (Å²) in [5.74, 6) is -2.26. The van der Waals surface area contributed by atoms with Crippen molar-refractivity contribution in [3.63, 3.8) is 0 Å². The normalized spacial score (nSPS) is 28.1. The van der Waals surface area contributed by atoms with Crippen molar-refractivity contribution in [3.8, 4) is 5.75 Å². The topological polar surface area (TPSA) is 96.4 Å². The van der Waals surface area contributed by atoms with Crippen LogP contribution in [0.15, 0.2) is 24.3 Å². The quantitative estimate of drug-likeness (QED) is 0.790. The molecule has 1 N–H and O–H groups in total. The van der Waals surface area contributed by atoms with Crippen molar-refractivity contribution in [2.75, 3.05) is 31.6 Å². The Labute approximate surface area is 163 Å². The zero-order valence-corrected chi connectivity index (χ0v) is 15.4. The molecule has 2 bridgehead atoms. The Balaban J connectivity index is 0.000000298. The second-order valence-corrected chi connectivity index (χ2v) is 6.95. The van der Waals surface area contributed by atoms with Gasteiger partial charge in [-0.25, -0.2) is 14.5 Å². The van der Waals surface area contributed by atoms with E-state index >= 15 is 0 Å². The summed E-state index contributed by atoms with van der Waals surface area (Å²) in [7, 11) is 1.55. The molecule has 4 heterocycles. The van der Waals surface area contributed by atoms with Gasteiger partial charge >= 0.3 is 18.2 Å². The van der Waals surface area contributed by atoms with Crippen LogP contribution in [-0.4, -0.2) is 66.5 Å². The molecular weight excluding hydrogens is 397 g/mol. The van der Waals surface area contributed by atoms with Gasteiger partial charge in [-0.3, -0.25) is 9.69 Å². The number of nitrogens with zero attached hydrogens (tertiary/aromatic N) is 2. The summed E-state index contributed by atoms with van der Waals surface area (Å²) in [6.45, 7) is 2.48. The zero-order chi connectivity index (χ0) is 21.4. The number of piperidine rings is 3. The second kappa shape index (κ2) is 7.54. The molecule has 0 radical (unpaired) electrons. The lowest BCUT2D eigenvalue weighted by Crippen LogP contribution is -2.63. The molecule has 1 aromatic carbocycles. The fourth-order valence-corrected chi connectivity index (χ4v) is 3.87. The van der Waals surface area contributed by atoms with Crippen LogP contribution in [0.3, 0.4) is 0 Å². The van der Waals surface area contributed by atoms with Crippen molar-refractivity contribution in [1.29, 1.82) is 0 Å². The molecule has 4 aliphatic heterocycles. The molecule has 1 aromatic rings. The highest BCUT2D eigenvalue weighted by Gasteiger charge is 2.62. The van der Waals surface area contributed by atoms with Crippen molar-refractivity contribution in [3.05, 3.63) is 24.3 Å². The Hall–Kier alpha value is -2.82. The van der Waals surface area contributed by atoms with Crippen LogP contribution in [0, 0.1) is 5.92 Å². The molecule has 1 unspecified atom stereocenters. The van der Waals surface area contributed by atoms with Gasteiger partial charge in [0.25, 0.3) is 5.91 Å². The van der Waals surface area contributed by atoms with Crippen LogP contribution in [0.2, 0.25) is 0 Å². The molecule has 4 fully saturated rings. The molecule has 4 saturated heterocycles. The zero-order valence-electron chi connectivity index (χ0n) is 15.4. The summed E-state index contributed by atoms with van der Waals surface area (Å²) in [6.07, 6.45) is -3.84. The van der Waals surface area contributed by atoms with Crippen LogP contribution >= 0.6 is 0 Å². The van der Waals surface area contributed by atoms with Gasteiger partial charge < -0.3 is 14.6 Å².